The van der Waals surface area contributed by atoms with Crippen LogP contribution in [0.3, 0.4) is 0 Å². The Morgan fingerprint density at radius 2 is 1.37 bits per heavy atom. The Balaban J connectivity index is 1.58. The van der Waals surface area contributed by atoms with Gasteiger partial charge in [0.05, 0.1) is 12.7 Å². The molecule has 0 heterocycles. The number of benzene rings is 4. The van der Waals surface area contributed by atoms with E-state index in [0.717, 1.165) is 11.1 Å². The van der Waals surface area contributed by atoms with Crippen molar-refractivity contribution >= 4 is 11.6 Å². The molecule has 0 bridgehead atoms. The monoisotopic (exact) mass is 464 g/mol. The molecular formula is C31H28O4. The van der Waals surface area contributed by atoms with Crippen LogP contribution in [0.15, 0.2) is 109 Å². The van der Waals surface area contributed by atoms with Crippen molar-refractivity contribution < 1.29 is 19.1 Å². The van der Waals surface area contributed by atoms with Crippen molar-refractivity contribution in [3.63, 3.8) is 0 Å². The number of ether oxygens (including phenoxy) is 2. The lowest BCUT2D eigenvalue weighted by Gasteiger charge is -2.19. The molecule has 0 amide bonds. The van der Waals surface area contributed by atoms with Gasteiger partial charge in [-0.2, -0.15) is 0 Å². The first-order valence-electron chi connectivity index (χ1n) is 11.7. The zero-order valence-corrected chi connectivity index (χ0v) is 19.7. The lowest BCUT2D eigenvalue weighted by atomic mass is 9.85. The normalized spacial score (nSPS) is 11.5. The van der Waals surface area contributed by atoms with Crippen LogP contribution in [0.1, 0.15) is 50.6 Å². The maximum absolute atomic E-state index is 13.9. The summed E-state index contributed by atoms with van der Waals surface area (Å²) in [6, 6.07) is 33.8. The number of hydrogen-bond acceptors (Lipinski definition) is 4. The molecule has 4 rings (SSSR count). The number of para-hydroxylation sites is 1. The fourth-order valence-electron chi connectivity index (χ4n) is 4.05. The highest BCUT2D eigenvalue weighted by atomic mass is 16.5. The third-order valence-corrected chi connectivity index (χ3v) is 5.98. The summed E-state index contributed by atoms with van der Waals surface area (Å²) in [5, 5.41) is 0. The molecule has 0 aliphatic heterocycles. The largest absolute Gasteiger partial charge is 0.497 e. The highest BCUT2D eigenvalue weighted by Crippen LogP contribution is 2.32. The van der Waals surface area contributed by atoms with Gasteiger partial charge in [-0.05, 0) is 41.8 Å². The Bertz CT molecular complexity index is 1250. The van der Waals surface area contributed by atoms with Crippen molar-refractivity contribution in [3.05, 3.63) is 131 Å². The molecule has 0 fully saturated rings. The number of ketones is 2. The van der Waals surface area contributed by atoms with Crippen LogP contribution >= 0.6 is 0 Å². The average molecular weight is 465 g/mol. The van der Waals surface area contributed by atoms with Gasteiger partial charge in [-0.25, -0.2) is 0 Å². The van der Waals surface area contributed by atoms with Gasteiger partial charge in [0.2, 0.25) is 0 Å². The minimum atomic E-state index is -0.491. The van der Waals surface area contributed by atoms with E-state index < -0.39 is 5.92 Å². The van der Waals surface area contributed by atoms with E-state index in [0.29, 0.717) is 35.7 Å². The quantitative estimate of drug-likeness (QED) is 0.227. The Hall–Kier alpha value is -4.18. The first-order chi connectivity index (χ1) is 17.2. The summed E-state index contributed by atoms with van der Waals surface area (Å²) in [6.45, 7) is 0.366. The van der Waals surface area contributed by atoms with Crippen LogP contribution in [0.25, 0.3) is 0 Å². The summed E-state index contributed by atoms with van der Waals surface area (Å²) < 4.78 is 11.3. The second-order valence-corrected chi connectivity index (χ2v) is 8.29. The van der Waals surface area contributed by atoms with Crippen LogP contribution in [0.2, 0.25) is 0 Å². The van der Waals surface area contributed by atoms with E-state index in [1.165, 1.54) is 0 Å². The molecule has 4 heteroatoms. The number of hydrogen-bond donors (Lipinski definition) is 0. The minimum Gasteiger partial charge on any atom is -0.497 e. The lowest BCUT2D eigenvalue weighted by Crippen LogP contribution is -2.16. The van der Waals surface area contributed by atoms with Crippen molar-refractivity contribution in [1.29, 1.82) is 0 Å². The summed E-state index contributed by atoms with van der Waals surface area (Å²) in [6.07, 6.45) is 0.658. The molecule has 0 spiro atoms. The van der Waals surface area contributed by atoms with Crippen molar-refractivity contribution in [2.45, 2.75) is 25.4 Å². The zero-order chi connectivity index (χ0) is 24.5. The van der Waals surface area contributed by atoms with Gasteiger partial charge in [0.25, 0.3) is 0 Å². The van der Waals surface area contributed by atoms with Gasteiger partial charge in [-0.1, -0.05) is 84.9 Å². The van der Waals surface area contributed by atoms with Crippen LogP contribution in [0.5, 0.6) is 11.5 Å². The van der Waals surface area contributed by atoms with Crippen molar-refractivity contribution in [2.24, 2.45) is 0 Å². The first-order valence-corrected chi connectivity index (χ1v) is 11.7. The summed E-state index contributed by atoms with van der Waals surface area (Å²) in [5.41, 5.74) is 3.03. The zero-order valence-electron chi connectivity index (χ0n) is 19.7. The predicted octanol–water partition coefficient (Wildman–Crippen LogP) is 6.90. The van der Waals surface area contributed by atoms with Gasteiger partial charge in [-0.3, -0.25) is 9.59 Å². The molecule has 35 heavy (non-hydrogen) atoms. The third kappa shape index (κ3) is 6.24. The van der Waals surface area contributed by atoms with Gasteiger partial charge in [0.15, 0.2) is 11.6 Å². The van der Waals surface area contributed by atoms with Gasteiger partial charge < -0.3 is 9.47 Å². The van der Waals surface area contributed by atoms with E-state index in [9.17, 15) is 9.59 Å². The van der Waals surface area contributed by atoms with Crippen LogP contribution in [0, 0.1) is 0 Å². The molecule has 1 unspecified atom stereocenters. The Labute approximate surface area is 206 Å². The molecule has 4 aromatic rings. The minimum absolute atomic E-state index is 0.0190. The second kappa shape index (κ2) is 11.8. The van der Waals surface area contributed by atoms with E-state index in [1.807, 2.05) is 91.0 Å². The molecule has 0 N–H and O–H groups in total. The highest BCUT2D eigenvalue weighted by molar-refractivity contribution is 6.04. The number of methoxy groups -OCH3 is 1. The van der Waals surface area contributed by atoms with E-state index >= 15 is 0 Å². The van der Waals surface area contributed by atoms with Crippen molar-refractivity contribution in [2.75, 3.05) is 7.11 Å². The Morgan fingerprint density at radius 3 is 2.06 bits per heavy atom. The van der Waals surface area contributed by atoms with E-state index in [2.05, 4.69) is 0 Å². The smallest absolute Gasteiger partial charge is 0.174 e. The SMILES string of the molecule is COc1ccc(C(CCC(=O)c2ccccc2)C(=O)c2ccccc2OCc2ccccc2)cc1. The Morgan fingerprint density at radius 1 is 0.743 bits per heavy atom. The van der Waals surface area contributed by atoms with Crippen LogP contribution in [0.4, 0.5) is 0 Å². The number of carbonyl (C=O) groups excluding carboxylic acids is 2. The molecule has 4 aromatic carbocycles. The first kappa shape index (κ1) is 24.0. The summed E-state index contributed by atoms with van der Waals surface area (Å²) in [7, 11) is 1.61. The number of Topliss-reactive ketones (excluding diaryl/α,β-unsaturated/α-hetero) is 2. The molecule has 0 saturated carbocycles. The molecule has 0 aliphatic rings. The summed E-state index contributed by atoms with van der Waals surface area (Å²) in [5.74, 6) is 0.710. The molecule has 1 atom stereocenters. The molecule has 0 aromatic heterocycles. The standard InChI is InChI=1S/C31H28O4/c1-34-26-18-16-24(17-19-26)27(20-21-29(32)25-12-6-3-7-13-25)31(33)28-14-8-9-15-30(28)35-22-23-10-4-2-5-11-23/h2-19,27H,20-22H2,1H3. The van der Waals surface area contributed by atoms with Crippen LogP contribution < -0.4 is 9.47 Å². The van der Waals surface area contributed by atoms with Gasteiger partial charge >= 0.3 is 0 Å². The van der Waals surface area contributed by atoms with Crippen molar-refractivity contribution in [1.82, 2.24) is 0 Å². The molecule has 0 saturated heterocycles. The number of rotatable bonds is 11. The molecule has 4 nitrogen and oxygen atoms in total. The van der Waals surface area contributed by atoms with Crippen molar-refractivity contribution in [3.8, 4) is 11.5 Å². The van der Waals surface area contributed by atoms with Gasteiger partial charge in [0.1, 0.15) is 18.1 Å². The van der Waals surface area contributed by atoms with Gasteiger partial charge in [0, 0.05) is 17.9 Å². The molecule has 176 valence electrons. The van der Waals surface area contributed by atoms with Crippen LogP contribution in [-0.2, 0) is 6.61 Å². The lowest BCUT2D eigenvalue weighted by molar-refractivity contribution is 0.0933. The molecule has 0 radical (unpaired) electrons. The average Bonchev–Trinajstić information content (AvgIpc) is 2.93. The molecule has 0 aliphatic carbocycles. The summed E-state index contributed by atoms with van der Waals surface area (Å²) in [4.78, 5) is 26.7. The fraction of sp³-hybridized carbons (Fsp3) is 0.161. The van der Waals surface area contributed by atoms with E-state index in [-0.39, 0.29) is 18.0 Å². The Kier molecular flexibility index (Phi) is 8.08. The summed E-state index contributed by atoms with van der Waals surface area (Å²) >= 11 is 0. The maximum atomic E-state index is 13.9. The number of carbonyl (C=O) groups is 2. The molecular weight excluding hydrogens is 436 g/mol. The van der Waals surface area contributed by atoms with Gasteiger partial charge in [-0.15, -0.1) is 0 Å². The third-order valence-electron chi connectivity index (χ3n) is 5.98. The fourth-order valence-corrected chi connectivity index (χ4v) is 4.05. The van der Waals surface area contributed by atoms with E-state index in [1.54, 1.807) is 25.3 Å². The highest BCUT2D eigenvalue weighted by Gasteiger charge is 2.26. The predicted molar refractivity (Wildman–Crippen MR) is 137 cm³/mol. The van der Waals surface area contributed by atoms with E-state index in [4.69, 9.17) is 9.47 Å². The maximum Gasteiger partial charge on any atom is 0.174 e. The topological polar surface area (TPSA) is 52.6 Å². The van der Waals surface area contributed by atoms with Crippen LogP contribution in [-0.4, -0.2) is 18.7 Å². The second-order valence-electron chi connectivity index (χ2n) is 8.29.